The van der Waals surface area contributed by atoms with Crippen LogP contribution in [0.15, 0.2) is 41.0 Å². The third-order valence-corrected chi connectivity index (χ3v) is 2.53. The summed E-state index contributed by atoms with van der Waals surface area (Å²) in [4.78, 5) is 0. The van der Waals surface area contributed by atoms with Gasteiger partial charge in [0, 0.05) is 0 Å². The van der Waals surface area contributed by atoms with Gasteiger partial charge in [0.1, 0.15) is 18.1 Å². The molecule has 90 valence electrons. The lowest BCUT2D eigenvalue weighted by molar-refractivity contribution is 0.272. The average molecular weight is 231 g/mol. The maximum atomic E-state index is 5.94. The summed E-state index contributed by atoms with van der Waals surface area (Å²) in [5.41, 5.74) is 8.32. The fourth-order valence-corrected chi connectivity index (χ4v) is 1.79. The van der Waals surface area contributed by atoms with Gasteiger partial charge in [0.25, 0.3) is 0 Å². The molecule has 0 bridgehead atoms. The summed E-state index contributed by atoms with van der Waals surface area (Å²) in [6.45, 7) is 4.51. The van der Waals surface area contributed by atoms with Crippen LogP contribution in [0.4, 0.5) is 0 Å². The fourth-order valence-electron chi connectivity index (χ4n) is 1.79. The van der Waals surface area contributed by atoms with Crippen LogP contribution in [0, 0.1) is 13.8 Å². The first-order valence-corrected chi connectivity index (χ1v) is 5.65. The van der Waals surface area contributed by atoms with Gasteiger partial charge in [0.15, 0.2) is 0 Å². The van der Waals surface area contributed by atoms with E-state index in [1.165, 1.54) is 11.1 Å². The molecule has 3 heteroatoms. The molecule has 0 aliphatic rings. The van der Waals surface area contributed by atoms with E-state index in [1.807, 2.05) is 38.1 Å². The van der Waals surface area contributed by atoms with E-state index in [9.17, 15) is 0 Å². The number of aryl methyl sites for hydroxylation is 2. The fraction of sp³-hybridized carbons (Fsp3) is 0.286. The molecule has 1 unspecified atom stereocenters. The summed E-state index contributed by atoms with van der Waals surface area (Å²) in [5.74, 6) is 1.60. The number of nitrogens with two attached hydrogens (primary N) is 1. The minimum absolute atomic E-state index is 0.231. The summed E-state index contributed by atoms with van der Waals surface area (Å²) in [6, 6.07) is 9.57. The normalized spacial score (nSPS) is 12.4. The molecule has 0 aliphatic heterocycles. The second-order valence-electron chi connectivity index (χ2n) is 4.26. The van der Waals surface area contributed by atoms with Gasteiger partial charge < -0.3 is 14.9 Å². The summed E-state index contributed by atoms with van der Waals surface area (Å²) in [7, 11) is 0. The Hall–Kier alpha value is -1.74. The lowest BCUT2D eigenvalue weighted by atomic mass is 10.1. The third kappa shape index (κ3) is 3.11. The van der Waals surface area contributed by atoms with Crippen molar-refractivity contribution < 1.29 is 9.15 Å². The molecular formula is C14H17NO2. The van der Waals surface area contributed by atoms with Gasteiger partial charge in [0.2, 0.25) is 0 Å². The van der Waals surface area contributed by atoms with Crippen LogP contribution >= 0.6 is 0 Å². The predicted molar refractivity (Wildman–Crippen MR) is 67.0 cm³/mol. The molecule has 0 amide bonds. The number of ether oxygens (including phenoxy) is 1. The maximum absolute atomic E-state index is 5.94. The van der Waals surface area contributed by atoms with Crippen molar-refractivity contribution in [2.45, 2.75) is 19.9 Å². The molecule has 2 rings (SSSR count). The second kappa shape index (κ2) is 5.06. The Bertz CT molecular complexity index is 457. The van der Waals surface area contributed by atoms with Crippen LogP contribution in [0.1, 0.15) is 22.9 Å². The molecule has 0 fully saturated rings. The van der Waals surface area contributed by atoms with Crippen LogP contribution in [-0.4, -0.2) is 6.61 Å². The van der Waals surface area contributed by atoms with E-state index >= 15 is 0 Å². The van der Waals surface area contributed by atoms with Gasteiger partial charge in [-0.15, -0.1) is 0 Å². The van der Waals surface area contributed by atoms with Crippen LogP contribution in [0.3, 0.4) is 0 Å². The largest absolute Gasteiger partial charge is 0.491 e. The van der Waals surface area contributed by atoms with Crippen molar-refractivity contribution in [3.63, 3.8) is 0 Å². The van der Waals surface area contributed by atoms with Crippen molar-refractivity contribution in [1.29, 1.82) is 0 Å². The van der Waals surface area contributed by atoms with Crippen molar-refractivity contribution in [2.75, 3.05) is 6.61 Å². The quantitative estimate of drug-likeness (QED) is 0.880. The van der Waals surface area contributed by atoms with E-state index in [2.05, 4.69) is 6.07 Å². The molecule has 0 radical (unpaired) electrons. The first-order valence-electron chi connectivity index (χ1n) is 5.65. The highest BCUT2D eigenvalue weighted by Crippen LogP contribution is 2.18. The molecule has 0 saturated heterocycles. The van der Waals surface area contributed by atoms with E-state index < -0.39 is 0 Å². The van der Waals surface area contributed by atoms with Gasteiger partial charge in [0.05, 0.1) is 12.3 Å². The maximum Gasteiger partial charge on any atom is 0.123 e. The van der Waals surface area contributed by atoms with Crippen molar-refractivity contribution >= 4 is 0 Å². The molecule has 1 atom stereocenters. The Kier molecular flexibility index (Phi) is 3.49. The van der Waals surface area contributed by atoms with Gasteiger partial charge in [-0.2, -0.15) is 0 Å². The van der Waals surface area contributed by atoms with Gasteiger partial charge in [-0.25, -0.2) is 0 Å². The number of furan rings is 1. The average Bonchev–Trinajstić information content (AvgIpc) is 2.78. The van der Waals surface area contributed by atoms with Crippen LogP contribution < -0.4 is 10.5 Å². The molecule has 3 nitrogen and oxygen atoms in total. The Balaban J connectivity index is 1.98. The minimum Gasteiger partial charge on any atom is -0.491 e. The molecule has 0 spiro atoms. The Labute approximate surface area is 101 Å². The van der Waals surface area contributed by atoms with E-state index in [-0.39, 0.29) is 6.04 Å². The van der Waals surface area contributed by atoms with Crippen molar-refractivity contribution in [2.24, 2.45) is 5.73 Å². The van der Waals surface area contributed by atoms with E-state index in [1.54, 1.807) is 6.26 Å². The molecule has 1 heterocycles. The molecule has 2 N–H and O–H groups in total. The number of hydrogen-bond donors (Lipinski definition) is 1. The summed E-state index contributed by atoms with van der Waals surface area (Å²) in [5, 5.41) is 0. The smallest absolute Gasteiger partial charge is 0.123 e. The van der Waals surface area contributed by atoms with Gasteiger partial charge >= 0.3 is 0 Å². The monoisotopic (exact) mass is 231 g/mol. The zero-order chi connectivity index (χ0) is 12.3. The summed E-state index contributed by atoms with van der Waals surface area (Å²) in [6.07, 6.45) is 1.62. The highest BCUT2D eigenvalue weighted by atomic mass is 16.5. The van der Waals surface area contributed by atoms with Gasteiger partial charge in [-0.3, -0.25) is 0 Å². The zero-order valence-corrected chi connectivity index (χ0v) is 10.1. The molecule has 1 aromatic heterocycles. The van der Waals surface area contributed by atoms with Crippen molar-refractivity contribution in [1.82, 2.24) is 0 Å². The van der Waals surface area contributed by atoms with E-state index in [0.29, 0.717) is 6.61 Å². The van der Waals surface area contributed by atoms with Crippen LogP contribution in [0.5, 0.6) is 5.75 Å². The van der Waals surface area contributed by atoms with E-state index in [0.717, 1.165) is 11.5 Å². The first kappa shape index (κ1) is 11.7. The van der Waals surface area contributed by atoms with Crippen molar-refractivity contribution in [3.8, 4) is 5.75 Å². The Morgan fingerprint density at radius 2 is 1.94 bits per heavy atom. The summed E-state index contributed by atoms with van der Waals surface area (Å²) < 4.78 is 10.9. The highest BCUT2D eigenvalue weighted by molar-refractivity contribution is 5.33. The third-order valence-electron chi connectivity index (χ3n) is 2.53. The van der Waals surface area contributed by atoms with E-state index in [4.69, 9.17) is 14.9 Å². The molecule has 17 heavy (non-hydrogen) atoms. The lowest BCUT2D eigenvalue weighted by Gasteiger charge is -2.12. The number of rotatable bonds is 4. The SMILES string of the molecule is Cc1cc(C)cc(OCC(N)c2ccco2)c1. The van der Waals surface area contributed by atoms with Gasteiger partial charge in [-0.05, 0) is 49.2 Å². The van der Waals surface area contributed by atoms with Crippen LogP contribution in [0.2, 0.25) is 0 Å². The molecular weight excluding hydrogens is 214 g/mol. The first-order chi connectivity index (χ1) is 8.15. The lowest BCUT2D eigenvalue weighted by Crippen LogP contribution is -2.18. The Morgan fingerprint density at radius 3 is 2.53 bits per heavy atom. The van der Waals surface area contributed by atoms with Gasteiger partial charge in [-0.1, -0.05) is 6.07 Å². The number of hydrogen-bond acceptors (Lipinski definition) is 3. The molecule has 0 aliphatic carbocycles. The second-order valence-corrected chi connectivity index (χ2v) is 4.26. The molecule has 0 saturated carbocycles. The van der Waals surface area contributed by atoms with Crippen LogP contribution in [0.25, 0.3) is 0 Å². The topological polar surface area (TPSA) is 48.4 Å². The standard InChI is InChI=1S/C14H17NO2/c1-10-6-11(2)8-12(7-10)17-9-13(15)14-4-3-5-16-14/h3-8,13H,9,15H2,1-2H3. The predicted octanol–water partition coefficient (Wildman–Crippen LogP) is 2.98. The molecule has 1 aromatic carbocycles. The number of benzene rings is 1. The summed E-state index contributed by atoms with van der Waals surface area (Å²) >= 11 is 0. The zero-order valence-electron chi connectivity index (χ0n) is 10.1. The molecule has 2 aromatic rings. The minimum atomic E-state index is -0.231. The van der Waals surface area contributed by atoms with Crippen LogP contribution in [-0.2, 0) is 0 Å². The Morgan fingerprint density at radius 1 is 1.24 bits per heavy atom. The highest BCUT2D eigenvalue weighted by Gasteiger charge is 2.09. The van der Waals surface area contributed by atoms with Crippen molar-refractivity contribution in [3.05, 3.63) is 53.5 Å².